The van der Waals surface area contributed by atoms with E-state index in [1.54, 1.807) is 0 Å². The number of hydrogen-bond donors (Lipinski definition) is 1. The topological polar surface area (TPSA) is 54.3 Å². The van der Waals surface area contributed by atoms with Crippen LogP contribution in [0.3, 0.4) is 0 Å². The minimum atomic E-state index is -1.05. The van der Waals surface area contributed by atoms with Crippen LogP contribution in [-0.2, 0) is 11.3 Å². The van der Waals surface area contributed by atoms with Gasteiger partial charge in [0, 0.05) is 20.2 Å². The molecule has 1 aromatic carbocycles. The molecule has 1 unspecified atom stereocenters. The average molecular weight is 337 g/mol. The molecule has 1 aromatic rings. The molecule has 0 aromatic heterocycles. The maximum absolute atomic E-state index is 9.14. The Kier molecular flexibility index (Phi) is 6.21. The van der Waals surface area contributed by atoms with E-state index >= 15 is 0 Å². The molecule has 1 N–H and O–H groups in total. The second-order valence-corrected chi connectivity index (χ2v) is 12.8. The van der Waals surface area contributed by atoms with Crippen molar-refractivity contribution >= 4 is 14.3 Å². The fraction of sp³-hybridized carbons (Fsp3) is 0.588. The van der Waals surface area contributed by atoms with E-state index in [1.165, 1.54) is 0 Å². The quantitative estimate of drug-likeness (QED) is 0.586. The van der Waals surface area contributed by atoms with Gasteiger partial charge in [-0.15, -0.1) is 0 Å². The molecule has 0 radical (unpaired) electrons. The number of ether oxygens (including phenoxy) is 2. The van der Waals surface area contributed by atoms with E-state index < -0.39 is 8.07 Å². The predicted octanol–water partition coefficient (Wildman–Crippen LogP) is 2.91. The Balaban J connectivity index is 1.91. The first-order valence-corrected chi connectivity index (χ1v) is 11.9. The number of hydrogen-bond acceptors (Lipinski definition) is 5. The van der Waals surface area contributed by atoms with Gasteiger partial charge in [0.25, 0.3) is 0 Å². The van der Waals surface area contributed by atoms with Gasteiger partial charge in [-0.05, 0) is 24.6 Å². The first-order valence-electron chi connectivity index (χ1n) is 8.15. The van der Waals surface area contributed by atoms with Gasteiger partial charge in [0.2, 0.25) is 0 Å². The van der Waals surface area contributed by atoms with Crippen molar-refractivity contribution < 1.29 is 14.6 Å². The number of fused-ring (bicyclic) bond motifs is 1. The lowest BCUT2D eigenvalue weighted by Gasteiger charge is -2.26. The smallest absolute Gasteiger partial charge is 0.135 e. The fourth-order valence-electron chi connectivity index (χ4n) is 2.23. The third-order valence-electron chi connectivity index (χ3n) is 3.68. The predicted molar refractivity (Wildman–Crippen MR) is 95.7 cm³/mol. The maximum Gasteiger partial charge on any atom is 0.135 e. The van der Waals surface area contributed by atoms with Crippen LogP contribution in [0.25, 0.3) is 0 Å². The SMILES string of the molecule is CC(CO)Oc1cccc2c1C=NN(COCC[Si](C)(C)C)C2. The van der Waals surface area contributed by atoms with Crippen LogP contribution >= 0.6 is 0 Å². The lowest BCUT2D eigenvalue weighted by atomic mass is 10.1. The van der Waals surface area contributed by atoms with Crippen LogP contribution in [0.2, 0.25) is 25.7 Å². The number of hydrazone groups is 1. The van der Waals surface area contributed by atoms with Crippen molar-refractivity contribution in [2.75, 3.05) is 19.9 Å². The van der Waals surface area contributed by atoms with Crippen molar-refractivity contribution in [3.8, 4) is 5.75 Å². The summed E-state index contributed by atoms with van der Waals surface area (Å²) < 4.78 is 11.5. The minimum absolute atomic E-state index is 0.00212. The van der Waals surface area contributed by atoms with Crippen LogP contribution in [0.1, 0.15) is 18.1 Å². The van der Waals surface area contributed by atoms with Crippen LogP contribution in [0.4, 0.5) is 0 Å². The Morgan fingerprint density at radius 2 is 2.13 bits per heavy atom. The Labute approximate surface area is 139 Å². The van der Waals surface area contributed by atoms with Gasteiger partial charge in [-0.25, -0.2) is 0 Å². The van der Waals surface area contributed by atoms with E-state index in [0.29, 0.717) is 13.3 Å². The summed E-state index contributed by atoms with van der Waals surface area (Å²) in [6, 6.07) is 7.13. The van der Waals surface area contributed by atoms with Crippen LogP contribution in [0, 0.1) is 0 Å². The first-order chi connectivity index (χ1) is 10.9. The molecule has 1 aliphatic heterocycles. The van der Waals surface area contributed by atoms with Crippen LogP contribution in [0.5, 0.6) is 5.75 Å². The van der Waals surface area contributed by atoms with E-state index in [-0.39, 0.29) is 12.7 Å². The van der Waals surface area contributed by atoms with Gasteiger partial charge in [0.05, 0.1) is 19.4 Å². The second-order valence-electron chi connectivity index (χ2n) is 7.20. The summed E-state index contributed by atoms with van der Waals surface area (Å²) >= 11 is 0. The minimum Gasteiger partial charge on any atom is -0.488 e. The standard InChI is InChI=1S/C17H28N2O3Si/c1-14(12-20)22-17-7-5-6-15-11-19(18-10-16(15)17)13-21-8-9-23(2,3)4/h5-7,10,14,20H,8-9,11-13H2,1-4H3. The summed E-state index contributed by atoms with van der Waals surface area (Å²) in [6.07, 6.45) is 1.60. The molecule has 0 saturated heterocycles. The molecule has 2 rings (SSSR count). The monoisotopic (exact) mass is 336 g/mol. The number of aliphatic hydroxyl groups excluding tert-OH is 1. The molecule has 0 fully saturated rings. The Hall–Kier alpha value is -1.37. The summed E-state index contributed by atoms with van der Waals surface area (Å²) in [6.45, 7) is 10.9. The van der Waals surface area contributed by atoms with E-state index in [9.17, 15) is 0 Å². The number of rotatable bonds is 8. The molecule has 5 nitrogen and oxygen atoms in total. The second kappa shape index (κ2) is 7.94. The maximum atomic E-state index is 9.14. The zero-order valence-electron chi connectivity index (χ0n) is 14.6. The summed E-state index contributed by atoms with van der Waals surface area (Å²) in [4.78, 5) is 0. The molecule has 1 aliphatic rings. The largest absolute Gasteiger partial charge is 0.488 e. The molecular weight excluding hydrogens is 308 g/mol. The summed E-state index contributed by atoms with van der Waals surface area (Å²) in [5.74, 6) is 0.770. The van der Waals surface area contributed by atoms with Crippen molar-refractivity contribution in [3.05, 3.63) is 29.3 Å². The van der Waals surface area contributed by atoms with Gasteiger partial charge >= 0.3 is 0 Å². The average Bonchev–Trinajstić information content (AvgIpc) is 2.50. The zero-order chi connectivity index (χ0) is 16.9. The third kappa shape index (κ3) is 5.64. The highest BCUT2D eigenvalue weighted by molar-refractivity contribution is 6.76. The lowest BCUT2D eigenvalue weighted by Crippen LogP contribution is -2.27. The molecule has 0 saturated carbocycles. The van der Waals surface area contributed by atoms with Crippen LogP contribution in [0.15, 0.2) is 23.3 Å². The third-order valence-corrected chi connectivity index (χ3v) is 5.39. The van der Waals surface area contributed by atoms with Crippen molar-refractivity contribution in [1.29, 1.82) is 0 Å². The normalized spacial score (nSPS) is 15.4. The van der Waals surface area contributed by atoms with Gasteiger partial charge in [-0.2, -0.15) is 5.10 Å². The van der Waals surface area contributed by atoms with Gasteiger partial charge in [0.1, 0.15) is 18.6 Å². The highest BCUT2D eigenvalue weighted by atomic mass is 28.3. The highest BCUT2D eigenvalue weighted by Crippen LogP contribution is 2.26. The first kappa shape index (κ1) is 18.0. The van der Waals surface area contributed by atoms with Gasteiger partial charge in [-0.3, -0.25) is 5.01 Å². The van der Waals surface area contributed by atoms with Crippen molar-refractivity contribution in [2.24, 2.45) is 5.10 Å². The molecule has 0 bridgehead atoms. The molecule has 1 heterocycles. The Bertz CT molecular complexity index is 543. The van der Waals surface area contributed by atoms with Gasteiger partial charge < -0.3 is 14.6 Å². The lowest BCUT2D eigenvalue weighted by molar-refractivity contribution is 0.0313. The highest BCUT2D eigenvalue weighted by Gasteiger charge is 2.17. The number of benzene rings is 1. The summed E-state index contributed by atoms with van der Waals surface area (Å²) in [5, 5.41) is 15.5. The van der Waals surface area contributed by atoms with E-state index in [4.69, 9.17) is 14.6 Å². The van der Waals surface area contributed by atoms with Crippen LogP contribution < -0.4 is 4.74 Å². The zero-order valence-corrected chi connectivity index (χ0v) is 15.6. The van der Waals surface area contributed by atoms with Gasteiger partial charge in [0.15, 0.2) is 0 Å². The van der Waals surface area contributed by atoms with Crippen molar-refractivity contribution in [3.63, 3.8) is 0 Å². The van der Waals surface area contributed by atoms with Gasteiger partial charge in [-0.1, -0.05) is 31.8 Å². The van der Waals surface area contributed by atoms with E-state index in [0.717, 1.165) is 29.5 Å². The molecule has 128 valence electrons. The fourth-order valence-corrected chi connectivity index (χ4v) is 2.99. The van der Waals surface area contributed by atoms with Crippen LogP contribution in [-0.4, -0.2) is 50.5 Å². The van der Waals surface area contributed by atoms with E-state index in [2.05, 4.69) is 30.8 Å². The molecule has 6 heteroatoms. The molecular formula is C17H28N2O3Si. The molecule has 1 atom stereocenters. The summed E-state index contributed by atoms with van der Waals surface area (Å²) in [7, 11) is -1.05. The summed E-state index contributed by atoms with van der Waals surface area (Å²) in [5.41, 5.74) is 2.16. The van der Waals surface area contributed by atoms with Crippen molar-refractivity contribution in [1.82, 2.24) is 5.01 Å². The van der Waals surface area contributed by atoms with Crippen molar-refractivity contribution in [2.45, 2.75) is 45.3 Å². The number of aliphatic hydroxyl groups is 1. The molecule has 0 amide bonds. The molecule has 0 aliphatic carbocycles. The molecule has 23 heavy (non-hydrogen) atoms. The molecule has 0 spiro atoms. The Morgan fingerprint density at radius 3 is 2.83 bits per heavy atom. The Morgan fingerprint density at radius 1 is 1.35 bits per heavy atom. The van der Waals surface area contributed by atoms with E-state index in [1.807, 2.05) is 30.3 Å². The number of nitrogens with zero attached hydrogens (tertiary/aromatic N) is 2.